The highest BCUT2D eigenvalue weighted by Gasteiger charge is 2.44. The fraction of sp³-hybridized carbons (Fsp3) is 0.111. The number of carbonyl (C=O) groups is 2. The average Bonchev–Trinajstić information content (AvgIpc) is 2.58. The van der Waals surface area contributed by atoms with Crippen LogP contribution in [-0.2, 0) is 9.59 Å². The minimum absolute atomic E-state index is 0.277. The zero-order valence-electron chi connectivity index (χ0n) is 12.5. The van der Waals surface area contributed by atoms with Gasteiger partial charge in [0, 0.05) is 11.8 Å². The summed E-state index contributed by atoms with van der Waals surface area (Å²) in [5.74, 6) is -0.727. The number of hydrogen-bond acceptors (Lipinski definition) is 3. The highest BCUT2D eigenvalue weighted by molar-refractivity contribution is 6.17. The van der Waals surface area contributed by atoms with Crippen LogP contribution in [0.5, 0.6) is 5.75 Å². The van der Waals surface area contributed by atoms with Gasteiger partial charge in [-0.05, 0) is 29.8 Å². The number of β-lactam (4-membered cyclic amide) rings is 1. The molecule has 1 amide bonds. The quantitative estimate of drug-likeness (QED) is 0.696. The molecule has 0 bridgehead atoms. The third kappa shape index (κ3) is 2.68. The van der Waals surface area contributed by atoms with E-state index in [-0.39, 0.29) is 11.5 Å². The molecule has 23 heavy (non-hydrogen) atoms. The Balaban J connectivity index is 2.01. The maximum Gasteiger partial charge on any atom is 0.328 e. The summed E-state index contributed by atoms with van der Waals surface area (Å²) in [6, 6.07) is 16.1. The number of rotatable bonds is 4. The van der Waals surface area contributed by atoms with Crippen molar-refractivity contribution in [3.8, 4) is 5.75 Å². The average molecular weight is 309 g/mol. The second-order valence-corrected chi connectivity index (χ2v) is 5.12. The number of benzene rings is 2. The first-order valence-electron chi connectivity index (χ1n) is 7.09. The Hall–Kier alpha value is -3.08. The normalized spacial score (nSPS) is 18.7. The Morgan fingerprint density at radius 2 is 1.78 bits per heavy atom. The van der Waals surface area contributed by atoms with Gasteiger partial charge in [0.2, 0.25) is 0 Å². The fourth-order valence-corrected chi connectivity index (χ4v) is 2.69. The second kappa shape index (κ2) is 5.96. The number of carboxylic acid groups (broad SMARTS) is 1. The summed E-state index contributed by atoms with van der Waals surface area (Å²) in [5.41, 5.74) is 1.85. The van der Waals surface area contributed by atoms with Crippen LogP contribution in [0.15, 0.2) is 66.2 Å². The zero-order chi connectivity index (χ0) is 16.4. The number of anilines is 1. The molecule has 1 aliphatic heterocycles. The monoisotopic (exact) mass is 309 g/mol. The van der Waals surface area contributed by atoms with Crippen LogP contribution in [0.2, 0.25) is 0 Å². The predicted octanol–water partition coefficient (Wildman–Crippen LogP) is 2.79. The van der Waals surface area contributed by atoms with Gasteiger partial charge >= 0.3 is 5.97 Å². The van der Waals surface area contributed by atoms with Crippen LogP contribution in [0.25, 0.3) is 0 Å². The summed E-state index contributed by atoms with van der Waals surface area (Å²) >= 11 is 0. The van der Waals surface area contributed by atoms with Crippen molar-refractivity contribution in [3.05, 3.63) is 71.8 Å². The third-order valence-corrected chi connectivity index (χ3v) is 3.76. The van der Waals surface area contributed by atoms with Crippen molar-refractivity contribution in [2.75, 3.05) is 12.0 Å². The zero-order valence-corrected chi connectivity index (χ0v) is 12.5. The Morgan fingerprint density at radius 1 is 1.13 bits per heavy atom. The molecule has 3 rings (SSSR count). The Morgan fingerprint density at radius 3 is 2.35 bits per heavy atom. The maximum absolute atomic E-state index is 12.4. The van der Waals surface area contributed by atoms with Crippen LogP contribution < -0.4 is 9.64 Å². The molecule has 5 nitrogen and oxygen atoms in total. The molecule has 1 heterocycles. The lowest BCUT2D eigenvalue weighted by Crippen LogP contribution is -2.49. The molecular weight excluding hydrogens is 294 g/mol. The van der Waals surface area contributed by atoms with Crippen molar-refractivity contribution in [1.29, 1.82) is 0 Å². The molecule has 0 spiro atoms. The lowest BCUT2D eigenvalue weighted by molar-refractivity contribution is -0.132. The number of amides is 1. The molecule has 0 saturated carbocycles. The number of hydrogen-bond donors (Lipinski definition) is 1. The first-order chi connectivity index (χ1) is 11.1. The summed E-state index contributed by atoms with van der Waals surface area (Å²) < 4.78 is 5.12. The first-order valence-corrected chi connectivity index (χ1v) is 7.09. The molecule has 0 aliphatic carbocycles. The lowest BCUT2D eigenvalue weighted by Gasteiger charge is -2.42. The number of nitrogens with zero attached hydrogens (tertiary/aromatic N) is 1. The second-order valence-electron chi connectivity index (χ2n) is 5.12. The summed E-state index contributed by atoms with van der Waals surface area (Å²) in [4.78, 5) is 25.0. The minimum Gasteiger partial charge on any atom is -0.497 e. The molecular formula is C18H15NO4. The molecule has 2 aromatic carbocycles. The molecule has 116 valence electrons. The fourth-order valence-electron chi connectivity index (χ4n) is 2.69. The van der Waals surface area contributed by atoms with Gasteiger partial charge < -0.3 is 9.84 Å². The maximum atomic E-state index is 12.4. The highest BCUT2D eigenvalue weighted by Crippen LogP contribution is 2.43. The van der Waals surface area contributed by atoms with Gasteiger partial charge in [0.05, 0.1) is 18.7 Å². The molecule has 1 saturated heterocycles. The van der Waals surface area contributed by atoms with E-state index in [4.69, 9.17) is 9.84 Å². The van der Waals surface area contributed by atoms with Crippen LogP contribution >= 0.6 is 0 Å². The topological polar surface area (TPSA) is 66.8 Å². The van der Waals surface area contributed by atoms with E-state index in [1.54, 1.807) is 36.3 Å². The van der Waals surface area contributed by atoms with E-state index in [1.807, 2.05) is 30.3 Å². The molecule has 1 atom stereocenters. The van der Waals surface area contributed by atoms with Gasteiger partial charge in [-0.3, -0.25) is 9.69 Å². The molecule has 0 radical (unpaired) electrons. The van der Waals surface area contributed by atoms with Gasteiger partial charge in [-0.1, -0.05) is 30.3 Å². The van der Waals surface area contributed by atoms with Crippen molar-refractivity contribution in [2.24, 2.45) is 0 Å². The molecule has 1 fully saturated rings. The van der Waals surface area contributed by atoms with Gasteiger partial charge in [-0.25, -0.2) is 4.79 Å². The van der Waals surface area contributed by atoms with Crippen molar-refractivity contribution in [1.82, 2.24) is 0 Å². The van der Waals surface area contributed by atoms with Gasteiger partial charge in [0.1, 0.15) is 5.75 Å². The van der Waals surface area contributed by atoms with E-state index in [0.717, 1.165) is 11.6 Å². The number of carbonyl (C=O) groups excluding carboxylic acids is 1. The number of carboxylic acids is 1. The van der Waals surface area contributed by atoms with E-state index in [0.29, 0.717) is 11.4 Å². The van der Waals surface area contributed by atoms with Crippen molar-refractivity contribution < 1.29 is 19.4 Å². The Kier molecular flexibility index (Phi) is 3.85. The van der Waals surface area contributed by atoms with Gasteiger partial charge in [0.15, 0.2) is 0 Å². The van der Waals surface area contributed by atoms with Crippen LogP contribution in [-0.4, -0.2) is 24.1 Å². The van der Waals surface area contributed by atoms with Crippen molar-refractivity contribution >= 4 is 17.6 Å². The lowest BCUT2D eigenvalue weighted by atomic mass is 9.87. The van der Waals surface area contributed by atoms with Crippen LogP contribution in [0.4, 0.5) is 5.69 Å². The van der Waals surface area contributed by atoms with Crippen LogP contribution in [0.1, 0.15) is 11.6 Å². The van der Waals surface area contributed by atoms with E-state index in [1.165, 1.54) is 0 Å². The molecule has 1 N–H and O–H groups in total. The smallest absolute Gasteiger partial charge is 0.328 e. The minimum atomic E-state index is -1.12. The number of methoxy groups -OCH3 is 1. The molecule has 2 aromatic rings. The Labute approximate surface area is 133 Å². The van der Waals surface area contributed by atoms with Crippen LogP contribution in [0.3, 0.4) is 0 Å². The standard InChI is InChI=1S/C18H15NO4/c1-23-14-9-7-13(8-10-14)19-17(12-5-3-2-4-6-12)15(18(19)22)11-16(20)21/h2-11,17H,1H3,(H,20,21)/b15-11-. The van der Waals surface area contributed by atoms with Crippen molar-refractivity contribution in [3.63, 3.8) is 0 Å². The molecule has 0 aromatic heterocycles. The van der Waals surface area contributed by atoms with E-state index in [2.05, 4.69) is 0 Å². The van der Waals surface area contributed by atoms with E-state index >= 15 is 0 Å². The Bertz CT molecular complexity index is 765. The van der Waals surface area contributed by atoms with Gasteiger partial charge in [-0.15, -0.1) is 0 Å². The summed E-state index contributed by atoms with van der Waals surface area (Å²) in [6.45, 7) is 0. The first kappa shape index (κ1) is 14.8. The summed E-state index contributed by atoms with van der Waals surface area (Å²) in [5, 5.41) is 8.99. The summed E-state index contributed by atoms with van der Waals surface area (Å²) in [7, 11) is 1.57. The number of ether oxygens (including phenoxy) is 1. The highest BCUT2D eigenvalue weighted by atomic mass is 16.5. The van der Waals surface area contributed by atoms with Gasteiger partial charge in [-0.2, -0.15) is 0 Å². The van der Waals surface area contributed by atoms with Crippen LogP contribution in [0, 0.1) is 0 Å². The van der Waals surface area contributed by atoms with E-state index < -0.39 is 12.0 Å². The predicted molar refractivity (Wildman–Crippen MR) is 85.4 cm³/mol. The molecule has 1 aliphatic rings. The molecule has 1 unspecified atom stereocenters. The SMILES string of the molecule is COc1ccc(N2C(=O)/C(=C\C(=O)O)C2c2ccccc2)cc1. The number of aliphatic carboxylic acids is 1. The van der Waals surface area contributed by atoms with E-state index in [9.17, 15) is 9.59 Å². The van der Waals surface area contributed by atoms with Crippen molar-refractivity contribution in [2.45, 2.75) is 6.04 Å². The largest absolute Gasteiger partial charge is 0.497 e. The molecule has 5 heteroatoms. The van der Waals surface area contributed by atoms with Gasteiger partial charge in [0.25, 0.3) is 5.91 Å². The third-order valence-electron chi connectivity index (χ3n) is 3.76. The summed E-state index contributed by atoms with van der Waals surface area (Å²) in [6.07, 6.45) is 0.986.